The first-order valence-electron chi connectivity index (χ1n) is 7.18. The van der Waals surface area contributed by atoms with Gasteiger partial charge in [-0.3, -0.25) is 14.9 Å². The van der Waals surface area contributed by atoms with Crippen molar-refractivity contribution in [2.24, 2.45) is 5.16 Å². The van der Waals surface area contributed by atoms with Gasteiger partial charge in [-0.1, -0.05) is 11.2 Å². The molecule has 0 unspecified atom stereocenters. The highest BCUT2D eigenvalue weighted by atomic mass is 32.1. The number of carbonyl (C=O) groups excluding carboxylic acids is 2. The van der Waals surface area contributed by atoms with E-state index in [-0.39, 0.29) is 24.9 Å². The first-order valence-corrected chi connectivity index (χ1v) is 8.94. The van der Waals surface area contributed by atoms with Crippen molar-refractivity contribution < 1.29 is 19.2 Å². The molecule has 2 rings (SSSR count). The summed E-state index contributed by atoms with van der Waals surface area (Å²) in [6.07, 6.45) is 0.0843. The lowest BCUT2D eigenvalue weighted by molar-refractivity contribution is -0.142. The van der Waals surface area contributed by atoms with Gasteiger partial charge in [0, 0.05) is 5.38 Å². The number of aromatic nitrogens is 1. The van der Waals surface area contributed by atoms with E-state index in [2.05, 4.69) is 15.5 Å². The number of oxime groups is 1. The molecule has 0 radical (unpaired) electrons. The number of thiazole rings is 1. The fraction of sp³-hybridized carbons (Fsp3) is 0.333. The molecule has 0 saturated carbocycles. The minimum atomic E-state index is -0.366. The van der Waals surface area contributed by atoms with Crippen LogP contribution >= 0.6 is 22.7 Å². The Kier molecular flexibility index (Phi) is 6.89. The summed E-state index contributed by atoms with van der Waals surface area (Å²) in [5.74, 6) is -0.711. The normalized spacial score (nSPS) is 11.2. The maximum Gasteiger partial charge on any atom is 0.311 e. The van der Waals surface area contributed by atoms with Crippen molar-refractivity contribution >= 4 is 45.4 Å². The summed E-state index contributed by atoms with van der Waals surface area (Å²) >= 11 is 2.78. The summed E-state index contributed by atoms with van der Waals surface area (Å²) in [5, 5.41) is 10.5. The van der Waals surface area contributed by atoms with Gasteiger partial charge >= 0.3 is 5.97 Å². The minimum absolute atomic E-state index is 0.0843. The largest absolute Gasteiger partial charge is 0.466 e. The van der Waals surface area contributed by atoms with Crippen LogP contribution in [0.15, 0.2) is 28.0 Å². The summed E-state index contributed by atoms with van der Waals surface area (Å²) in [5.41, 5.74) is 1.27. The van der Waals surface area contributed by atoms with Gasteiger partial charge in [-0.15, -0.1) is 22.7 Å². The quantitative estimate of drug-likeness (QED) is 0.440. The van der Waals surface area contributed by atoms with Crippen LogP contribution in [0.5, 0.6) is 0 Å². The number of ether oxygens (including phenoxy) is 1. The molecular weight excluding hydrogens is 350 g/mol. The van der Waals surface area contributed by atoms with Gasteiger partial charge in [-0.25, -0.2) is 4.98 Å². The molecule has 0 aliphatic carbocycles. The van der Waals surface area contributed by atoms with Crippen molar-refractivity contribution in [3.05, 3.63) is 33.5 Å². The third-order valence-corrected chi connectivity index (χ3v) is 4.49. The van der Waals surface area contributed by atoms with Crippen molar-refractivity contribution in [2.75, 3.05) is 18.5 Å². The topological polar surface area (TPSA) is 89.9 Å². The average Bonchev–Trinajstić information content (AvgIpc) is 3.19. The van der Waals surface area contributed by atoms with Crippen molar-refractivity contribution in [1.29, 1.82) is 0 Å². The van der Waals surface area contributed by atoms with Crippen LogP contribution in [0, 0.1) is 0 Å². The molecule has 0 aliphatic rings. The van der Waals surface area contributed by atoms with Crippen LogP contribution in [0.4, 0.5) is 5.13 Å². The summed E-state index contributed by atoms with van der Waals surface area (Å²) in [7, 11) is 0. The van der Waals surface area contributed by atoms with Crippen molar-refractivity contribution in [2.45, 2.75) is 20.3 Å². The SMILES string of the molecule is CCOC(=O)Cc1csc(NC(=O)CO/N=C(/C)c2cccs2)n1. The Morgan fingerprint density at radius 2 is 2.21 bits per heavy atom. The Morgan fingerprint density at radius 3 is 2.92 bits per heavy atom. The number of amides is 1. The van der Waals surface area contributed by atoms with Crippen LogP contribution in [0.1, 0.15) is 24.4 Å². The first kappa shape index (κ1) is 18.1. The van der Waals surface area contributed by atoms with Gasteiger partial charge in [-0.05, 0) is 25.3 Å². The van der Waals surface area contributed by atoms with E-state index in [4.69, 9.17) is 9.57 Å². The van der Waals surface area contributed by atoms with E-state index in [0.29, 0.717) is 23.1 Å². The van der Waals surface area contributed by atoms with E-state index < -0.39 is 0 Å². The van der Waals surface area contributed by atoms with Crippen LogP contribution in [-0.4, -0.2) is 35.8 Å². The number of esters is 1. The molecule has 7 nitrogen and oxygen atoms in total. The molecule has 2 aromatic rings. The van der Waals surface area contributed by atoms with Crippen LogP contribution in [0.25, 0.3) is 0 Å². The van der Waals surface area contributed by atoms with Crippen LogP contribution in [0.2, 0.25) is 0 Å². The monoisotopic (exact) mass is 367 g/mol. The van der Waals surface area contributed by atoms with Crippen molar-refractivity contribution in [3.8, 4) is 0 Å². The number of rotatable bonds is 8. The van der Waals surface area contributed by atoms with Gasteiger partial charge in [0.15, 0.2) is 11.7 Å². The third kappa shape index (κ3) is 5.74. The molecule has 128 valence electrons. The lowest BCUT2D eigenvalue weighted by atomic mass is 10.3. The van der Waals surface area contributed by atoms with Crippen LogP contribution in [-0.2, 0) is 25.6 Å². The second-order valence-corrected chi connectivity index (χ2v) is 6.41. The second-order valence-electron chi connectivity index (χ2n) is 4.60. The minimum Gasteiger partial charge on any atom is -0.466 e. The third-order valence-electron chi connectivity index (χ3n) is 2.70. The molecule has 2 heterocycles. The molecule has 0 aliphatic heterocycles. The molecule has 2 aromatic heterocycles. The molecule has 0 saturated heterocycles. The second kappa shape index (κ2) is 9.14. The predicted octanol–water partition coefficient (Wildman–Crippen LogP) is 2.69. The smallest absolute Gasteiger partial charge is 0.311 e. The van der Waals surface area contributed by atoms with E-state index in [9.17, 15) is 9.59 Å². The van der Waals surface area contributed by atoms with E-state index in [1.807, 2.05) is 24.4 Å². The Balaban J connectivity index is 1.77. The van der Waals surface area contributed by atoms with E-state index in [0.717, 1.165) is 4.88 Å². The predicted molar refractivity (Wildman–Crippen MR) is 93.6 cm³/mol. The highest BCUT2D eigenvalue weighted by Gasteiger charge is 2.11. The molecule has 1 amide bonds. The lowest BCUT2D eigenvalue weighted by Crippen LogP contribution is -2.17. The molecule has 0 spiro atoms. The number of nitrogens with one attached hydrogen (secondary N) is 1. The van der Waals surface area contributed by atoms with Gasteiger partial charge in [0.1, 0.15) is 0 Å². The number of anilines is 1. The van der Waals surface area contributed by atoms with Crippen LogP contribution < -0.4 is 5.32 Å². The molecule has 0 aromatic carbocycles. The molecule has 0 bridgehead atoms. The molecular formula is C15H17N3O4S2. The van der Waals surface area contributed by atoms with E-state index in [1.165, 1.54) is 11.3 Å². The number of thiophene rings is 1. The summed E-state index contributed by atoms with van der Waals surface area (Å²) in [6, 6.07) is 3.84. The highest BCUT2D eigenvalue weighted by molar-refractivity contribution is 7.14. The van der Waals surface area contributed by atoms with Crippen LogP contribution in [0.3, 0.4) is 0 Å². The van der Waals surface area contributed by atoms with Gasteiger partial charge in [0.25, 0.3) is 5.91 Å². The highest BCUT2D eigenvalue weighted by Crippen LogP contribution is 2.16. The molecule has 9 heteroatoms. The zero-order valence-corrected chi connectivity index (χ0v) is 14.9. The van der Waals surface area contributed by atoms with Gasteiger partial charge in [0.2, 0.25) is 0 Å². The average molecular weight is 367 g/mol. The standard InChI is InChI=1S/C15H17N3O4S2/c1-3-21-14(20)7-11-9-24-15(16-11)17-13(19)8-22-18-10(2)12-5-4-6-23-12/h4-6,9H,3,7-8H2,1-2H3,(H,16,17,19)/b18-10-. The number of carbonyl (C=O) groups is 2. The zero-order valence-electron chi connectivity index (χ0n) is 13.3. The van der Waals surface area contributed by atoms with Crippen molar-refractivity contribution in [3.63, 3.8) is 0 Å². The van der Waals surface area contributed by atoms with E-state index >= 15 is 0 Å². The zero-order chi connectivity index (χ0) is 17.4. The molecule has 1 N–H and O–H groups in total. The lowest BCUT2D eigenvalue weighted by Gasteiger charge is -2.01. The molecule has 24 heavy (non-hydrogen) atoms. The summed E-state index contributed by atoms with van der Waals surface area (Å²) in [6.45, 7) is 3.67. The summed E-state index contributed by atoms with van der Waals surface area (Å²) < 4.78 is 4.85. The van der Waals surface area contributed by atoms with Gasteiger partial charge < -0.3 is 9.57 Å². The Morgan fingerprint density at radius 1 is 1.38 bits per heavy atom. The fourth-order valence-electron chi connectivity index (χ4n) is 1.68. The van der Waals surface area contributed by atoms with Gasteiger partial charge in [0.05, 0.1) is 29.3 Å². The van der Waals surface area contributed by atoms with E-state index in [1.54, 1.807) is 23.6 Å². The Hall–Kier alpha value is -2.26. The maximum absolute atomic E-state index is 11.8. The molecule has 0 atom stereocenters. The molecule has 0 fully saturated rings. The van der Waals surface area contributed by atoms with Crippen molar-refractivity contribution in [1.82, 2.24) is 4.98 Å². The first-order chi connectivity index (χ1) is 11.6. The summed E-state index contributed by atoms with van der Waals surface area (Å²) in [4.78, 5) is 33.3. The fourth-order valence-corrected chi connectivity index (χ4v) is 3.07. The Labute approximate surface area is 147 Å². The number of hydrogen-bond acceptors (Lipinski definition) is 8. The number of hydrogen-bond donors (Lipinski definition) is 1. The number of nitrogens with zero attached hydrogens (tertiary/aromatic N) is 2. The van der Waals surface area contributed by atoms with Gasteiger partial charge in [-0.2, -0.15) is 0 Å². The maximum atomic E-state index is 11.8. The Bertz CT molecular complexity index is 710.